The highest BCUT2D eigenvalue weighted by atomic mass is 16.4. The number of hydrogen-bond acceptors (Lipinski definition) is 3. The van der Waals surface area contributed by atoms with Crippen LogP contribution in [0.2, 0.25) is 0 Å². The Morgan fingerprint density at radius 3 is 1.89 bits per heavy atom. The van der Waals surface area contributed by atoms with Crippen LogP contribution in [-0.2, 0) is 4.79 Å². The van der Waals surface area contributed by atoms with E-state index < -0.39 is 7.12 Å². The number of hydrogen-bond donors (Lipinski definition) is 3. The van der Waals surface area contributed by atoms with Crippen molar-refractivity contribution in [2.24, 2.45) is 22.2 Å². The molecule has 1 heterocycles. The van der Waals surface area contributed by atoms with Gasteiger partial charge in [-0.25, -0.2) is 0 Å². The summed E-state index contributed by atoms with van der Waals surface area (Å²) in [5.74, 6) is 0.390. The standard InChI is InChI=1S/C23H38BNO3/c1-20(2,3)17(15-10-12-16(13-11-15)24(27)28)21(4,5)14-22(6,7)18-19(26)25-23(18,8)9/h10-13,17-18,27-28H,14H2,1-9H3,(H,25,26). The van der Waals surface area contributed by atoms with Gasteiger partial charge < -0.3 is 15.4 Å². The second-order valence-corrected chi connectivity index (χ2v) is 11.6. The third kappa shape index (κ3) is 4.46. The van der Waals surface area contributed by atoms with E-state index in [2.05, 4.69) is 67.6 Å². The quantitative estimate of drug-likeness (QED) is 0.517. The first-order valence-electron chi connectivity index (χ1n) is 10.3. The fraction of sp³-hybridized carbons (Fsp3) is 0.696. The predicted octanol–water partition coefficient (Wildman–Crippen LogP) is 3.46. The second-order valence-electron chi connectivity index (χ2n) is 11.6. The Kier molecular flexibility index (Phi) is 5.88. The van der Waals surface area contributed by atoms with Crippen LogP contribution >= 0.6 is 0 Å². The summed E-state index contributed by atoms with van der Waals surface area (Å²) in [5.41, 5.74) is 1.33. The molecule has 1 saturated heterocycles. The number of carbonyl (C=O) groups excluding carboxylic acids is 1. The van der Waals surface area contributed by atoms with Gasteiger partial charge in [0.2, 0.25) is 5.91 Å². The van der Waals surface area contributed by atoms with Crippen LogP contribution in [0.5, 0.6) is 0 Å². The largest absolute Gasteiger partial charge is 0.488 e. The Morgan fingerprint density at radius 2 is 1.54 bits per heavy atom. The van der Waals surface area contributed by atoms with E-state index in [0.29, 0.717) is 5.46 Å². The molecule has 1 aliphatic heterocycles. The summed E-state index contributed by atoms with van der Waals surface area (Å²) in [6.07, 6.45) is 0.911. The van der Waals surface area contributed by atoms with Crippen molar-refractivity contribution < 1.29 is 14.8 Å². The van der Waals surface area contributed by atoms with Crippen molar-refractivity contribution in [1.29, 1.82) is 0 Å². The molecule has 5 heteroatoms. The number of carbonyl (C=O) groups is 1. The number of β-lactam (4-membered cyclic amide) rings is 1. The Bertz CT molecular complexity index is 714. The highest BCUT2D eigenvalue weighted by Crippen LogP contribution is 2.55. The molecule has 1 aromatic carbocycles. The van der Waals surface area contributed by atoms with Crippen LogP contribution in [0.1, 0.15) is 80.2 Å². The molecule has 0 spiro atoms. The molecule has 0 bridgehead atoms. The minimum Gasteiger partial charge on any atom is -0.423 e. The van der Waals surface area contributed by atoms with E-state index in [0.717, 1.165) is 6.42 Å². The Balaban J connectivity index is 2.38. The fourth-order valence-electron chi connectivity index (χ4n) is 6.41. The van der Waals surface area contributed by atoms with Crippen LogP contribution < -0.4 is 10.8 Å². The normalized spacial score (nSPS) is 21.0. The first-order chi connectivity index (χ1) is 12.5. The third-order valence-corrected chi connectivity index (χ3v) is 6.34. The van der Waals surface area contributed by atoms with Crippen molar-refractivity contribution in [3.8, 4) is 0 Å². The van der Waals surface area contributed by atoms with Gasteiger partial charge in [0, 0.05) is 5.54 Å². The molecule has 0 aromatic heterocycles. The molecule has 1 amide bonds. The summed E-state index contributed by atoms with van der Waals surface area (Å²) >= 11 is 0. The molecule has 0 aliphatic carbocycles. The molecule has 1 aliphatic rings. The summed E-state index contributed by atoms with van der Waals surface area (Å²) in [6, 6.07) is 7.61. The Morgan fingerprint density at radius 1 is 1.04 bits per heavy atom. The van der Waals surface area contributed by atoms with E-state index in [4.69, 9.17) is 0 Å². The van der Waals surface area contributed by atoms with Gasteiger partial charge in [-0.1, -0.05) is 72.7 Å². The molecular weight excluding hydrogens is 349 g/mol. The van der Waals surface area contributed by atoms with Crippen molar-refractivity contribution in [2.75, 3.05) is 0 Å². The molecule has 0 saturated carbocycles. The zero-order valence-electron chi connectivity index (χ0n) is 19.1. The molecule has 2 unspecified atom stereocenters. The lowest BCUT2D eigenvalue weighted by Crippen LogP contribution is -2.70. The molecule has 4 nitrogen and oxygen atoms in total. The lowest BCUT2D eigenvalue weighted by molar-refractivity contribution is -0.149. The summed E-state index contributed by atoms with van der Waals surface area (Å²) in [5, 5.41) is 21.9. The summed E-state index contributed by atoms with van der Waals surface area (Å²) in [7, 11) is -1.45. The molecule has 1 fully saturated rings. The SMILES string of the molecule is CC(C)(C)C(c1ccc(B(O)O)cc1)C(C)(C)CC(C)(C)C1C(=O)NC1(C)C. The summed E-state index contributed by atoms with van der Waals surface area (Å²) in [6.45, 7) is 20.0. The zero-order valence-corrected chi connectivity index (χ0v) is 19.1. The van der Waals surface area contributed by atoms with E-state index in [-0.39, 0.29) is 39.5 Å². The van der Waals surface area contributed by atoms with Gasteiger partial charge in [-0.2, -0.15) is 0 Å². The fourth-order valence-corrected chi connectivity index (χ4v) is 6.41. The summed E-state index contributed by atoms with van der Waals surface area (Å²) < 4.78 is 0. The first-order valence-corrected chi connectivity index (χ1v) is 10.3. The molecule has 0 radical (unpaired) electrons. The van der Waals surface area contributed by atoms with Gasteiger partial charge in [-0.05, 0) is 53.5 Å². The lowest BCUT2D eigenvalue weighted by atomic mass is 9.53. The minimum absolute atomic E-state index is 0.00759. The Hall–Kier alpha value is -1.33. The zero-order chi connectivity index (χ0) is 21.7. The summed E-state index contributed by atoms with van der Waals surface area (Å²) in [4.78, 5) is 12.4. The molecule has 156 valence electrons. The van der Waals surface area contributed by atoms with Crippen LogP contribution in [0.25, 0.3) is 0 Å². The number of benzene rings is 1. The second kappa shape index (κ2) is 7.18. The van der Waals surface area contributed by atoms with Crippen LogP contribution in [0.15, 0.2) is 24.3 Å². The van der Waals surface area contributed by atoms with E-state index >= 15 is 0 Å². The lowest BCUT2D eigenvalue weighted by Gasteiger charge is -2.55. The topological polar surface area (TPSA) is 69.6 Å². The van der Waals surface area contributed by atoms with Gasteiger partial charge in [0.25, 0.3) is 0 Å². The van der Waals surface area contributed by atoms with Crippen molar-refractivity contribution >= 4 is 18.5 Å². The van der Waals surface area contributed by atoms with Crippen LogP contribution in [0, 0.1) is 22.2 Å². The first kappa shape index (κ1) is 23.0. The van der Waals surface area contributed by atoms with Crippen molar-refractivity contribution in [3.63, 3.8) is 0 Å². The Labute approximate surface area is 171 Å². The van der Waals surface area contributed by atoms with Gasteiger partial charge in [0.05, 0.1) is 5.92 Å². The van der Waals surface area contributed by atoms with Crippen LogP contribution in [-0.4, -0.2) is 28.6 Å². The minimum atomic E-state index is -1.45. The number of rotatable bonds is 6. The van der Waals surface area contributed by atoms with Gasteiger partial charge in [-0.3, -0.25) is 4.79 Å². The van der Waals surface area contributed by atoms with Gasteiger partial charge in [-0.15, -0.1) is 0 Å². The van der Waals surface area contributed by atoms with Crippen molar-refractivity contribution in [2.45, 2.75) is 80.2 Å². The maximum atomic E-state index is 12.4. The van der Waals surface area contributed by atoms with E-state index in [1.54, 1.807) is 12.1 Å². The smallest absolute Gasteiger partial charge is 0.423 e. The van der Waals surface area contributed by atoms with Gasteiger partial charge in [0.15, 0.2) is 0 Å². The van der Waals surface area contributed by atoms with E-state index in [1.165, 1.54) is 5.56 Å². The van der Waals surface area contributed by atoms with Gasteiger partial charge >= 0.3 is 7.12 Å². The third-order valence-electron chi connectivity index (χ3n) is 6.34. The molecular formula is C23H38BNO3. The number of amides is 1. The molecule has 1 aromatic rings. The maximum Gasteiger partial charge on any atom is 0.488 e. The highest BCUT2D eigenvalue weighted by Gasteiger charge is 2.56. The van der Waals surface area contributed by atoms with E-state index in [1.807, 2.05) is 12.1 Å². The molecule has 2 atom stereocenters. The van der Waals surface area contributed by atoms with Crippen molar-refractivity contribution in [1.82, 2.24) is 5.32 Å². The number of nitrogens with one attached hydrogen (secondary N) is 1. The molecule has 28 heavy (non-hydrogen) atoms. The molecule has 2 rings (SSSR count). The van der Waals surface area contributed by atoms with Crippen LogP contribution in [0.4, 0.5) is 0 Å². The molecule has 3 N–H and O–H groups in total. The van der Waals surface area contributed by atoms with Crippen molar-refractivity contribution in [3.05, 3.63) is 29.8 Å². The highest BCUT2D eigenvalue weighted by molar-refractivity contribution is 6.58. The maximum absolute atomic E-state index is 12.4. The average Bonchev–Trinajstić information content (AvgIpc) is 2.42. The predicted molar refractivity (Wildman–Crippen MR) is 116 cm³/mol. The van der Waals surface area contributed by atoms with Crippen LogP contribution in [0.3, 0.4) is 0 Å². The average molecular weight is 387 g/mol. The van der Waals surface area contributed by atoms with E-state index in [9.17, 15) is 14.8 Å². The monoisotopic (exact) mass is 387 g/mol. The van der Waals surface area contributed by atoms with Gasteiger partial charge in [0.1, 0.15) is 0 Å².